The van der Waals surface area contributed by atoms with Crippen molar-refractivity contribution in [1.29, 1.82) is 0 Å². The minimum atomic E-state index is -0.271. The van der Waals surface area contributed by atoms with Crippen molar-refractivity contribution in [2.24, 2.45) is 5.84 Å². The van der Waals surface area contributed by atoms with Gasteiger partial charge in [-0.25, -0.2) is 4.39 Å². The second-order valence-corrected chi connectivity index (χ2v) is 3.78. The molecule has 0 aliphatic heterocycles. The van der Waals surface area contributed by atoms with Gasteiger partial charge >= 0.3 is 0 Å². The van der Waals surface area contributed by atoms with E-state index in [0.717, 1.165) is 28.6 Å². The number of fused-ring (bicyclic) bond motifs is 1. The molecule has 0 atom stereocenters. The number of rotatable bonds is 2. The molecule has 0 saturated heterocycles. The van der Waals surface area contributed by atoms with Crippen LogP contribution in [0.3, 0.4) is 0 Å². The van der Waals surface area contributed by atoms with Crippen LogP contribution in [-0.4, -0.2) is 4.98 Å². The van der Waals surface area contributed by atoms with Crippen LogP contribution < -0.4 is 11.3 Å². The summed E-state index contributed by atoms with van der Waals surface area (Å²) in [6.07, 6.45) is 0.821. The van der Waals surface area contributed by atoms with E-state index < -0.39 is 0 Å². The molecule has 1 heterocycles. The molecular weight excluding hydrogens is 205 g/mol. The van der Waals surface area contributed by atoms with Gasteiger partial charge in [-0.3, -0.25) is 10.8 Å². The van der Waals surface area contributed by atoms with Crippen LogP contribution in [0.25, 0.3) is 10.9 Å². The van der Waals surface area contributed by atoms with Gasteiger partial charge in [-0.05, 0) is 37.1 Å². The lowest BCUT2D eigenvalue weighted by Crippen LogP contribution is -2.08. The Kier molecular flexibility index (Phi) is 2.75. The molecule has 0 fully saturated rings. The fourth-order valence-corrected chi connectivity index (χ4v) is 1.81. The van der Waals surface area contributed by atoms with Crippen molar-refractivity contribution in [3.8, 4) is 0 Å². The lowest BCUT2D eigenvalue weighted by molar-refractivity contribution is 0.628. The highest BCUT2D eigenvalue weighted by Crippen LogP contribution is 2.26. The lowest BCUT2D eigenvalue weighted by atomic mass is 10.1. The van der Waals surface area contributed by atoms with Crippen LogP contribution in [0.15, 0.2) is 18.2 Å². The largest absolute Gasteiger partial charge is 0.323 e. The summed E-state index contributed by atoms with van der Waals surface area (Å²) in [6.45, 7) is 3.87. The van der Waals surface area contributed by atoms with Gasteiger partial charge in [0.25, 0.3) is 0 Å². The number of benzene rings is 1. The van der Waals surface area contributed by atoms with E-state index in [-0.39, 0.29) is 5.82 Å². The molecular formula is C12H14FN3. The number of pyridine rings is 1. The van der Waals surface area contributed by atoms with Gasteiger partial charge in [0.05, 0.1) is 11.2 Å². The molecule has 2 rings (SSSR count). The number of hydrogen-bond acceptors (Lipinski definition) is 3. The van der Waals surface area contributed by atoms with E-state index in [1.807, 2.05) is 19.9 Å². The Bertz CT molecular complexity index is 537. The number of nitrogens with one attached hydrogen (secondary N) is 1. The molecule has 0 bridgehead atoms. The Morgan fingerprint density at radius 1 is 1.38 bits per heavy atom. The molecule has 0 aliphatic rings. The molecule has 0 spiro atoms. The maximum absolute atomic E-state index is 13.3. The van der Waals surface area contributed by atoms with Crippen LogP contribution in [0.1, 0.15) is 18.2 Å². The number of nitrogens with two attached hydrogens (primary N) is 1. The first-order chi connectivity index (χ1) is 7.65. The van der Waals surface area contributed by atoms with Crippen LogP contribution in [0.5, 0.6) is 0 Å². The zero-order valence-electron chi connectivity index (χ0n) is 9.34. The van der Waals surface area contributed by atoms with E-state index in [4.69, 9.17) is 5.84 Å². The Hall–Kier alpha value is -1.68. The molecule has 2 aromatic rings. The molecule has 4 heteroatoms. The quantitative estimate of drug-likeness (QED) is 0.602. The number of hydrazine groups is 1. The molecule has 0 saturated carbocycles. The van der Waals surface area contributed by atoms with Crippen LogP contribution >= 0.6 is 0 Å². The number of nitrogens with zero attached hydrogens (tertiary/aromatic N) is 1. The number of aryl methyl sites for hydroxylation is 2. The minimum absolute atomic E-state index is 0.271. The summed E-state index contributed by atoms with van der Waals surface area (Å²) in [7, 11) is 0. The number of hydrogen-bond donors (Lipinski definition) is 2. The first-order valence-electron chi connectivity index (χ1n) is 5.22. The lowest BCUT2D eigenvalue weighted by Gasteiger charge is -2.10. The summed E-state index contributed by atoms with van der Waals surface area (Å²) in [6, 6.07) is 4.78. The topological polar surface area (TPSA) is 50.9 Å². The maximum Gasteiger partial charge on any atom is 0.124 e. The van der Waals surface area contributed by atoms with E-state index in [2.05, 4.69) is 10.4 Å². The molecule has 0 radical (unpaired) electrons. The third-order valence-electron chi connectivity index (χ3n) is 2.64. The van der Waals surface area contributed by atoms with Crippen molar-refractivity contribution in [3.63, 3.8) is 0 Å². The second kappa shape index (κ2) is 4.06. The molecule has 84 valence electrons. The number of anilines is 1. The summed E-state index contributed by atoms with van der Waals surface area (Å²) in [4.78, 5) is 4.48. The predicted molar refractivity (Wildman–Crippen MR) is 63.6 cm³/mol. The zero-order valence-corrected chi connectivity index (χ0v) is 9.34. The molecule has 0 unspecified atom stereocenters. The smallest absolute Gasteiger partial charge is 0.124 e. The van der Waals surface area contributed by atoms with Gasteiger partial charge in [0, 0.05) is 11.1 Å². The first kappa shape index (κ1) is 10.8. The predicted octanol–water partition coefficient (Wildman–Crippen LogP) is 2.53. The van der Waals surface area contributed by atoms with Crippen LogP contribution in [-0.2, 0) is 6.42 Å². The first-order valence-corrected chi connectivity index (χ1v) is 5.22. The summed E-state index contributed by atoms with van der Waals surface area (Å²) in [5, 5.41) is 0.720. The maximum atomic E-state index is 13.3. The van der Waals surface area contributed by atoms with E-state index in [1.165, 1.54) is 12.1 Å². The molecule has 16 heavy (non-hydrogen) atoms. The van der Waals surface area contributed by atoms with Crippen molar-refractivity contribution in [2.75, 3.05) is 5.43 Å². The molecule has 3 nitrogen and oxygen atoms in total. The Morgan fingerprint density at radius 3 is 2.75 bits per heavy atom. The molecule has 1 aromatic carbocycles. The minimum Gasteiger partial charge on any atom is -0.323 e. The summed E-state index contributed by atoms with van der Waals surface area (Å²) in [5.41, 5.74) is 5.87. The number of aromatic nitrogens is 1. The molecule has 0 aliphatic carbocycles. The van der Waals surface area contributed by atoms with E-state index in [1.54, 1.807) is 0 Å². The normalized spacial score (nSPS) is 10.8. The monoisotopic (exact) mass is 219 g/mol. The van der Waals surface area contributed by atoms with Crippen molar-refractivity contribution in [1.82, 2.24) is 4.98 Å². The van der Waals surface area contributed by atoms with Gasteiger partial charge < -0.3 is 5.43 Å². The summed E-state index contributed by atoms with van der Waals surface area (Å²) in [5.74, 6) is 5.17. The second-order valence-electron chi connectivity index (χ2n) is 3.78. The van der Waals surface area contributed by atoms with Gasteiger partial charge in [0.15, 0.2) is 0 Å². The standard InChI is InChI=1S/C12H14FN3/c1-3-9-6-11(16-14)10-5-8(13)4-7(2)12(10)15-9/h4-6H,3,14H2,1-2H3,(H,15,16). The highest BCUT2D eigenvalue weighted by Gasteiger charge is 2.08. The van der Waals surface area contributed by atoms with E-state index >= 15 is 0 Å². The highest BCUT2D eigenvalue weighted by molar-refractivity contribution is 5.93. The van der Waals surface area contributed by atoms with Crippen molar-refractivity contribution < 1.29 is 4.39 Å². The number of halogens is 1. The van der Waals surface area contributed by atoms with Gasteiger partial charge in [0.2, 0.25) is 0 Å². The fraction of sp³-hybridized carbons (Fsp3) is 0.250. The van der Waals surface area contributed by atoms with Gasteiger partial charge in [-0.2, -0.15) is 0 Å². The Morgan fingerprint density at radius 2 is 2.12 bits per heavy atom. The average molecular weight is 219 g/mol. The average Bonchev–Trinajstić information content (AvgIpc) is 2.28. The SMILES string of the molecule is CCc1cc(NN)c2cc(F)cc(C)c2n1. The van der Waals surface area contributed by atoms with Crippen LogP contribution in [0.4, 0.5) is 10.1 Å². The third-order valence-corrected chi connectivity index (χ3v) is 2.64. The Labute approximate surface area is 93.5 Å². The van der Waals surface area contributed by atoms with Gasteiger partial charge in [-0.15, -0.1) is 0 Å². The van der Waals surface area contributed by atoms with E-state index in [0.29, 0.717) is 5.69 Å². The molecule has 3 N–H and O–H groups in total. The van der Waals surface area contributed by atoms with Gasteiger partial charge in [-0.1, -0.05) is 6.92 Å². The third kappa shape index (κ3) is 1.72. The van der Waals surface area contributed by atoms with Crippen molar-refractivity contribution in [3.05, 3.63) is 35.3 Å². The highest BCUT2D eigenvalue weighted by atomic mass is 19.1. The van der Waals surface area contributed by atoms with Gasteiger partial charge in [0.1, 0.15) is 5.82 Å². The van der Waals surface area contributed by atoms with Crippen molar-refractivity contribution >= 4 is 16.6 Å². The van der Waals surface area contributed by atoms with Crippen LogP contribution in [0, 0.1) is 12.7 Å². The van der Waals surface area contributed by atoms with Crippen molar-refractivity contribution in [2.45, 2.75) is 20.3 Å². The summed E-state index contributed by atoms with van der Waals surface area (Å²) < 4.78 is 13.3. The van der Waals surface area contributed by atoms with E-state index in [9.17, 15) is 4.39 Å². The number of nitrogen functional groups attached to an aromatic ring is 1. The Balaban J connectivity index is 2.83. The fourth-order valence-electron chi connectivity index (χ4n) is 1.81. The molecule has 0 amide bonds. The summed E-state index contributed by atoms with van der Waals surface area (Å²) >= 11 is 0. The molecule has 1 aromatic heterocycles. The van der Waals surface area contributed by atoms with Crippen LogP contribution in [0.2, 0.25) is 0 Å². The zero-order chi connectivity index (χ0) is 11.7.